The molecule has 0 atom stereocenters. The molecule has 2 N–H and O–H groups in total. The summed E-state index contributed by atoms with van der Waals surface area (Å²) in [5, 5.41) is 0.424. The third kappa shape index (κ3) is 1.89. The first kappa shape index (κ1) is 9.86. The highest BCUT2D eigenvalue weighted by Gasteiger charge is 2.10. The molecular weight excluding hydrogens is 208 g/mol. The van der Waals surface area contributed by atoms with Gasteiger partial charge in [0.1, 0.15) is 5.69 Å². The highest BCUT2D eigenvalue weighted by atomic mass is 32.1. The lowest BCUT2D eigenvalue weighted by Gasteiger charge is -1.98. The van der Waals surface area contributed by atoms with E-state index in [9.17, 15) is 4.79 Å². The number of carbonyl (C=O) groups excluding carboxylic acids is 1. The lowest BCUT2D eigenvalue weighted by Crippen LogP contribution is -1.85. The molecule has 3 nitrogen and oxygen atoms in total. The van der Waals surface area contributed by atoms with Crippen LogP contribution in [0.25, 0.3) is 10.4 Å². The molecule has 76 valence electrons. The number of aldehydes is 1. The smallest absolute Gasteiger partial charge is 0.181 e. The van der Waals surface area contributed by atoms with E-state index >= 15 is 0 Å². The molecule has 1 aromatic heterocycles. The predicted octanol–water partition coefficient (Wildman–Crippen LogP) is 2.51. The summed E-state index contributed by atoms with van der Waals surface area (Å²) >= 11 is 1.33. The van der Waals surface area contributed by atoms with Crippen LogP contribution in [0.3, 0.4) is 0 Å². The van der Waals surface area contributed by atoms with Gasteiger partial charge in [0.2, 0.25) is 0 Å². The molecule has 0 radical (unpaired) electrons. The average molecular weight is 218 g/mol. The summed E-state index contributed by atoms with van der Waals surface area (Å²) in [6.07, 6.45) is 0.738. The number of hydrogen-bond acceptors (Lipinski definition) is 4. The minimum atomic E-state index is 0.418. The molecule has 1 heterocycles. The third-order valence-electron chi connectivity index (χ3n) is 2.10. The molecule has 0 fully saturated rings. The summed E-state index contributed by atoms with van der Waals surface area (Å²) in [5.74, 6) is 0. The van der Waals surface area contributed by atoms with Crippen molar-refractivity contribution in [3.8, 4) is 10.4 Å². The van der Waals surface area contributed by atoms with E-state index in [0.717, 1.165) is 16.7 Å². The zero-order chi connectivity index (χ0) is 10.8. The van der Waals surface area contributed by atoms with E-state index in [2.05, 4.69) is 4.98 Å². The summed E-state index contributed by atoms with van der Waals surface area (Å²) in [7, 11) is 0. The Kier molecular flexibility index (Phi) is 2.51. The van der Waals surface area contributed by atoms with Crippen molar-refractivity contribution in [3.63, 3.8) is 0 Å². The van der Waals surface area contributed by atoms with E-state index in [1.54, 1.807) is 0 Å². The Hall–Kier alpha value is -1.68. The molecule has 0 saturated carbocycles. The largest absolute Gasteiger partial charge is 0.375 e. The lowest BCUT2D eigenvalue weighted by atomic mass is 10.1. The minimum Gasteiger partial charge on any atom is -0.375 e. The number of benzene rings is 1. The van der Waals surface area contributed by atoms with Gasteiger partial charge in [0.05, 0.1) is 4.88 Å². The molecule has 0 spiro atoms. The van der Waals surface area contributed by atoms with E-state index in [4.69, 9.17) is 5.73 Å². The molecule has 2 aromatic rings. The first-order chi connectivity index (χ1) is 7.20. The molecule has 0 saturated heterocycles. The van der Waals surface area contributed by atoms with Gasteiger partial charge < -0.3 is 5.73 Å². The fraction of sp³-hybridized carbons (Fsp3) is 0.0909. The van der Waals surface area contributed by atoms with Gasteiger partial charge in [0.25, 0.3) is 0 Å². The third-order valence-corrected chi connectivity index (χ3v) is 3.04. The van der Waals surface area contributed by atoms with Crippen molar-refractivity contribution in [3.05, 3.63) is 35.5 Å². The quantitative estimate of drug-likeness (QED) is 0.788. The fourth-order valence-electron chi connectivity index (χ4n) is 1.34. The molecule has 0 unspecified atom stereocenters. The van der Waals surface area contributed by atoms with Crippen LogP contribution in [0.4, 0.5) is 5.13 Å². The highest BCUT2D eigenvalue weighted by molar-refractivity contribution is 7.19. The average Bonchev–Trinajstić information content (AvgIpc) is 2.61. The van der Waals surface area contributed by atoms with Crippen LogP contribution < -0.4 is 5.73 Å². The summed E-state index contributed by atoms with van der Waals surface area (Å²) in [5.41, 5.74) is 8.16. The number of aryl methyl sites for hydroxylation is 1. The number of nitrogens with two attached hydrogens (primary N) is 1. The van der Waals surface area contributed by atoms with Gasteiger partial charge >= 0.3 is 0 Å². The van der Waals surface area contributed by atoms with Crippen molar-refractivity contribution >= 4 is 22.8 Å². The topological polar surface area (TPSA) is 56.0 Å². The summed E-state index contributed by atoms with van der Waals surface area (Å²) in [6.45, 7) is 2.02. The number of anilines is 1. The molecule has 0 bridgehead atoms. The number of nitrogens with zero attached hydrogens (tertiary/aromatic N) is 1. The Morgan fingerprint density at radius 2 is 2.00 bits per heavy atom. The molecule has 0 aliphatic heterocycles. The van der Waals surface area contributed by atoms with Crippen molar-refractivity contribution in [2.45, 2.75) is 6.92 Å². The van der Waals surface area contributed by atoms with Gasteiger partial charge in [-0.1, -0.05) is 41.2 Å². The van der Waals surface area contributed by atoms with Crippen LogP contribution in [-0.4, -0.2) is 11.3 Å². The van der Waals surface area contributed by atoms with Crippen LogP contribution in [0.5, 0.6) is 0 Å². The van der Waals surface area contributed by atoms with Crippen LogP contribution in [0.2, 0.25) is 0 Å². The number of hydrogen-bond donors (Lipinski definition) is 1. The van der Waals surface area contributed by atoms with Crippen LogP contribution in [-0.2, 0) is 0 Å². The van der Waals surface area contributed by atoms with Crippen LogP contribution in [0.1, 0.15) is 16.1 Å². The van der Waals surface area contributed by atoms with Crippen LogP contribution >= 0.6 is 11.3 Å². The van der Waals surface area contributed by atoms with E-state index in [1.165, 1.54) is 16.9 Å². The molecule has 2 rings (SSSR count). The van der Waals surface area contributed by atoms with Gasteiger partial charge in [-0.3, -0.25) is 4.79 Å². The molecule has 0 aliphatic carbocycles. The number of nitrogen functional groups attached to an aromatic ring is 1. The lowest BCUT2D eigenvalue weighted by molar-refractivity contribution is 0.112. The maximum atomic E-state index is 10.8. The van der Waals surface area contributed by atoms with Gasteiger partial charge in [-0.15, -0.1) is 0 Å². The Balaban J connectivity index is 2.52. The maximum absolute atomic E-state index is 10.8. The van der Waals surface area contributed by atoms with Gasteiger partial charge in [0.15, 0.2) is 11.4 Å². The zero-order valence-electron chi connectivity index (χ0n) is 8.23. The molecule has 0 amide bonds. The second-order valence-corrected chi connectivity index (χ2v) is 4.28. The van der Waals surface area contributed by atoms with E-state index < -0.39 is 0 Å². The number of thiazole rings is 1. The van der Waals surface area contributed by atoms with Crippen molar-refractivity contribution < 1.29 is 4.79 Å². The van der Waals surface area contributed by atoms with Crippen molar-refractivity contribution in [2.24, 2.45) is 0 Å². The number of rotatable bonds is 2. The Bertz CT molecular complexity index is 488. The first-order valence-electron chi connectivity index (χ1n) is 4.49. The number of carbonyl (C=O) groups is 1. The minimum absolute atomic E-state index is 0.418. The molecule has 0 aliphatic rings. The molecule has 15 heavy (non-hydrogen) atoms. The van der Waals surface area contributed by atoms with Gasteiger partial charge in [-0.2, -0.15) is 0 Å². The first-order valence-corrected chi connectivity index (χ1v) is 5.31. The predicted molar refractivity (Wildman–Crippen MR) is 62.1 cm³/mol. The van der Waals surface area contributed by atoms with E-state index in [-0.39, 0.29) is 0 Å². The summed E-state index contributed by atoms with van der Waals surface area (Å²) in [6, 6.07) is 7.93. The van der Waals surface area contributed by atoms with Crippen LogP contribution in [0.15, 0.2) is 24.3 Å². The highest BCUT2D eigenvalue weighted by Crippen LogP contribution is 2.30. The summed E-state index contributed by atoms with van der Waals surface area (Å²) in [4.78, 5) is 15.6. The van der Waals surface area contributed by atoms with Gasteiger partial charge in [-0.25, -0.2) is 4.98 Å². The normalized spacial score (nSPS) is 10.2. The Labute approximate surface area is 91.6 Å². The molecule has 4 heteroatoms. The Morgan fingerprint density at radius 1 is 1.33 bits per heavy atom. The molecular formula is C11H10N2OS. The second-order valence-electron chi connectivity index (χ2n) is 3.25. The SMILES string of the molecule is Cc1ccc(-c2sc(N)nc2C=O)cc1. The van der Waals surface area contributed by atoms with E-state index in [0.29, 0.717) is 10.8 Å². The maximum Gasteiger partial charge on any atom is 0.181 e. The summed E-state index contributed by atoms with van der Waals surface area (Å²) < 4.78 is 0. The van der Waals surface area contributed by atoms with Crippen LogP contribution in [0, 0.1) is 6.92 Å². The van der Waals surface area contributed by atoms with Gasteiger partial charge in [-0.05, 0) is 12.5 Å². The standard InChI is InChI=1S/C11H10N2OS/c1-7-2-4-8(5-3-7)10-9(6-14)13-11(12)15-10/h2-6H,1H3,(H2,12,13). The molecule has 1 aromatic carbocycles. The van der Waals surface area contributed by atoms with Crippen molar-refractivity contribution in [2.75, 3.05) is 5.73 Å². The Morgan fingerprint density at radius 3 is 2.60 bits per heavy atom. The fourth-order valence-corrected chi connectivity index (χ4v) is 2.15. The van der Waals surface area contributed by atoms with Crippen molar-refractivity contribution in [1.82, 2.24) is 4.98 Å². The monoisotopic (exact) mass is 218 g/mol. The van der Waals surface area contributed by atoms with E-state index in [1.807, 2.05) is 31.2 Å². The van der Waals surface area contributed by atoms with Crippen molar-refractivity contribution in [1.29, 1.82) is 0 Å². The zero-order valence-corrected chi connectivity index (χ0v) is 9.04. The number of aromatic nitrogens is 1. The van der Waals surface area contributed by atoms with Gasteiger partial charge in [0, 0.05) is 0 Å². The second kappa shape index (κ2) is 3.82.